The van der Waals surface area contributed by atoms with Gasteiger partial charge in [-0.1, -0.05) is 12.1 Å². The number of carbonyl (C=O) groups is 1. The summed E-state index contributed by atoms with van der Waals surface area (Å²) in [5.41, 5.74) is 5.11. The third-order valence-corrected chi connectivity index (χ3v) is 7.88. The largest absolute Gasteiger partial charge is 0.370 e. The van der Waals surface area contributed by atoms with E-state index in [1.165, 1.54) is 11.6 Å². The second kappa shape index (κ2) is 11.5. The van der Waals surface area contributed by atoms with Crippen LogP contribution in [0.2, 0.25) is 0 Å². The maximum absolute atomic E-state index is 13.6. The van der Waals surface area contributed by atoms with Gasteiger partial charge >= 0.3 is 0 Å². The molecule has 2 aliphatic heterocycles. The van der Waals surface area contributed by atoms with Gasteiger partial charge in [0.25, 0.3) is 0 Å². The van der Waals surface area contributed by atoms with Gasteiger partial charge in [-0.2, -0.15) is 5.26 Å². The molecular weight excluding hydrogens is 485 g/mol. The molecule has 0 radical (unpaired) electrons. The standard InChI is InChI=1S/C16H20FN3O.C12H12N4O/c1-11-13(3-4-15(17)14(11)7-18)16-9-20-6-5-19(2)8-12(20)10-21-16;17-7-10-3-1-2-9-6-11(4-5-12(9)10)16-8-13-14-15-16/h3-4,12,16H,5-6,8-10H2,1-2H3;4-8,10H,1-3H2. The van der Waals surface area contributed by atoms with Crippen molar-refractivity contribution in [2.24, 2.45) is 0 Å². The summed E-state index contributed by atoms with van der Waals surface area (Å²) in [4.78, 5) is 15.8. The number of nitriles is 1. The van der Waals surface area contributed by atoms with Gasteiger partial charge < -0.3 is 14.4 Å². The Kier molecular flexibility index (Phi) is 7.88. The molecule has 1 aliphatic carbocycles. The van der Waals surface area contributed by atoms with Crippen LogP contribution in [0.15, 0.2) is 36.7 Å². The van der Waals surface area contributed by atoms with E-state index < -0.39 is 5.82 Å². The average Bonchev–Trinajstić information content (AvgIpc) is 3.48. The number of carbonyl (C=O) groups excluding carboxylic acids is 1. The molecule has 2 saturated heterocycles. The summed E-state index contributed by atoms with van der Waals surface area (Å²) in [6.07, 6.45) is 5.60. The molecule has 2 fully saturated rings. The zero-order valence-corrected chi connectivity index (χ0v) is 21.8. The number of rotatable bonds is 3. The highest BCUT2D eigenvalue weighted by atomic mass is 19.1. The van der Waals surface area contributed by atoms with Gasteiger partial charge in [-0.05, 0) is 84.1 Å². The lowest BCUT2D eigenvalue weighted by atomic mass is 9.83. The molecule has 3 aliphatic rings. The number of fused-ring (bicyclic) bond motifs is 2. The molecule has 6 rings (SSSR count). The Morgan fingerprint density at radius 3 is 2.79 bits per heavy atom. The van der Waals surface area contributed by atoms with Crippen molar-refractivity contribution < 1.29 is 13.9 Å². The second-order valence-corrected chi connectivity index (χ2v) is 10.3. The fourth-order valence-corrected chi connectivity index (χ4v) is 5.71. The molecule has 0 saturated carbocycles. The lowest BCUT2D eigenvalue weighted by Gasteiger charge is -2.45. The predicted octanol–water partition coefficient (Wildman–Crippen LogP) is 2.97. The van der Waals surface area contributed by atoms with Crippen LogP contribution in [-0.2, 0) is 16.0 Å². The van der Waals surface area contributed by atoms with E-state index in [0.29, 0.717) is 18.2 Å². The van der Waals surface area contributed by atoms with Gasteiger partial charge in [-0.3, -0.25) is 4.90 Å². The van der Waals surface area contributed by atoms with Crippen LogP contribution in [0.25, 0.3) is 5.69 Å². The highest BCUT2D eigenvalue weighted by molar-refractivity contribution is 5.64. The molecule has 0 spiro atoms. The summed E-state index contributed by atoms with van der Waals surface area (Å²) in [6, 6.07) is 11.6. The van der Waals surface area contributed by atoms with Crippen LogP contribution in [0.4, 0.5) is 4.39 Å². The number of aldehydes is 1. The molecule has 3 heterocycles. The van der Waals surface area contributed by atoms with Crippen molar-refractivity contribution in [1.82, 2.24) is 30.0 Å². The van der Waals surface area contributed by atoms with E-state index in [2.05, 4.69) is 38.4 Å². The number of ether oxygens (including phenoxy) is 1. The number of likely N-dealkylation sites (N-methyl/N-ethyl adjacent to an activating group) is 1. The zero-order chi connectivity index (χ0) is 26.6. The smallest absolute Gasteiger partial charge is 0.143 e. The first-order valence-corrected chi connectivity index (χ1v) is 13.0. The number of tetrazole rings is 1. The quantitative estimate of drug-likeness (QED) is 0.489. The Balaban J connectivity index is 0.000000158. The van der Waals surface area contributed by atoms with Crippen molar-refractivity contribution in [1.29, 1.82) is 5.26 Å². The van der Waals surface area contributed by atoms with Gasteiger partial charge in [0.05, 0.1) is 24.0 Å². The van der Waals surface area contributed by atoms with Gasteiger partial charge in [0.2, 0.25) is 0 Å². The lowest BCUT2D eigenvalue weighted by molar-refractivity contribution is -0.109. The number of nitrogens with zero attached hydrogens (tertiary/aromatic N) is 7. The van der Waals surface area contributed by atoms with Crippen LogP contribution in [-0.4, -0.2) is 82.2 Å². The second-order valence-electron chi connectivity index (χ2n) is 10.3. The van der Waals surface area contributed by atoms with E-state index in [-0.39, 0.29) is 17.6 Å². The van der Waals surface area contributed by atoms with Gasteiger partial charge in [-0.25, -0.2) is 9.07 Å². The van der Waals surface area contributed by atoms with Crippen LogP contribution in [0.1, 0.15) is 52.7 Å². The number of aromatic nitrogens is 4. The topological polar surface area (TPSA) is 100 Å². The van der Waals surface area contributed by atoms with E-state index in [4.69, 9.17) is 10.00 Å². The SMILES string of the molecule is Cc1c(C2CN3CCN(C)CC3CO2)ccc(F)c1C#N.O=CC1CCCc2cc(-n3cnnn3)ccc21. The van der Waals surface area contributed by atoms with E-state index in [1.807, 2.05) is 18.2 Å². The molecule has 10 heteroatoms. The highest BCUT2D eigenvalue weighted by Crippen LogP contribution is 2.32. The monoisotopic (exact) mass is 517 g/mol. The van der Waals surface area contributed by atoms with Crippen LogP contribution >= 0.6 is 0 Å². The van der Waals surface area contributed by atoms with E-state index in [9.17, 15) is 9.18 Å². The summed E-state index contributed by atoms with van der Waals surface area (Å²) in [5.74, 6) is -0.395. The van der Waals surface area contributed by atoms with Gasteiger partial charge in [0, 0.05) is 38.1 Å². The van der Waals surface area contributed by atoms with Crippen molar-refractivity contribution in [3.8, 4) is 11.8 Å². The van der Waals surface area contributed by atoms with E-state index in [0.717, 1.165) is 68.5 Å². The maximum Gasteiger partial charge on any atom is 0.143 e. The Bertz CT molecular complexity index is 1320. The Labute approximate surface area is 221 Å². The van der Waals surface area contributed by atoms with Crippen molar-refractivity contribution in [2.45, 2.75) is 44.2 Å². The highest BCUT2D eigenvalue weighted by Gasteiger charge is 2.34. The predicted molar refractivity (Wildman–Crippen MR) is 138 cm³/mol. The summed E-state index contributed by atoms with van der Waals surface area (Å²) in [7, 11) is 2.13. The first kappa shape index (κ1) is 26.1. The Morgan fingerprint density at radius 2 is 2.03 bits per heavy atom. The molecule has 0 amide bonds. The third-order valence-electron chi connectivity index (χ3n) is 7.88. The summed E-state index contributed by atoms with van der Waals surface area (Å²) in [6.45, 7) is 6.43. The number of morpholine rings is 1. The molecule has 0 bridgehead atoms. The molecule has 1 aromatic heterocycles. The van der Waals surface area contributed by atoms with Crippen molar-refractivity contribution in [3.63, 3.8) is 0 Å². The van der Waals surface area contributed by atoms with Crippen LogP contribution in [0, 0.1) is 24.1 Å². The lowest BCUT2D eigenvalue weighted by Crippen LogP contribution is -2.57. The number of hydrogen-bond acceptors (Lipinski definition) is 8. The van der Waals surface area contributed by atoms with Crippen molar-refractivity contribution >= 4 is 6.29 Å². The fourth-order valence-electron chi connectivity index (χ4n) is 5.71. The molecule has 38 heavy (non-hydrogen) atoms. The normalized spacial score (nSPS) is 23.4. The minimum absolute atomic E-state index is 0.0571. The molecule has 2 aromatic carbocycles. The van der Waals surface area contributed by atoms with Crippen LogP contribution < -0.4 is 0 Å². The molecule has 9 nitrogen and oxygen atoms in total. The zero-order valence-electron chi connectivity index (χ0n) is 21.8. The maximum atomic E-state index is 13.6. The minimum atomic E-state index is -0.452. The summed E-state index contributed by atoms with van der Waals surface area (Å²) in [5, 5.41) is 20.2. The van der Waals surface area contributed by atoms with Crippen molar-refractivity contribution in [2.75, 3.05) is 39.8 Å². The molecule has 3 aromatic rings. The fraction of sp³-hybridized carbons (Fsp3) is 0.464. The van der Waals surface area contributed by atoms with E-state index in [1.54, 1.807) is 24.0 Å². The van der Waals surface area contributed by atoms with E-state index >= 15 is 0 Å². The van der Waals surface area contributed by atoms with Crippen LogP contribution in [0.5, 0.6) is 0 Å². The van der Waals surface area contributed by atoms with Gasteiger partial charge in [-0.15, -0.1) is 5.10 Å². The number of benzene rings is 2. The number of aryl methyl sites for hydroxylation is 1. The molecule has 198 valence electrons. The van der Waals surface area contributed by atoms with Crippen molar-refractivity contribution in [3.05, 3.63) is 70.3 Å². The molecule has 0 N–H and O–H groups in total. The minimum Gasteiger partial charge on any atom is -0.370 e. The van der Waals surface area contributed by atoms with Gasteiger partial charge in [0.15, 0.2) is 0 Å². The Hall–Kier alpha value is -3.52. The number of hydrogen-bond donors (Lipinski definition) is 0. The van der Waals surface area contributed by atoms with Crippen LogP contribution in [0.3, 0.4) is 0 Å². The molecule has 3 unspecified atom stereocenters. The number of piperazine rings is 1. The molecular formula is C28H32FN7O2. The third kappa shape index (κ3) is 5.36. The average molecular weight is 518 g/mol. The summed E-state index contributed by atoms with van der Waals surface area (Å²) >= 11 is 0. The summed E-state index contributed by atoms with van der Waals surface area (Å²) < 4.78 is 21.3. The number of halogens is 1. The first-order chi connectivity index (χ1) is 18.5. The molecule has 3 atom stereocenters. The first-order valence-electron chi connectivity index (χ1n) is 13.0. The van der Waals surface area contributed by atoms with Gasteiger partial charge in [0.1, 0.15) is 24.5 Å². The Morgan fingerprint density at radius 1 is 1.18 bits per heavy atom.